The molecule has 3 rings (SSSR count). The molecule has 6 heteroatoms. The molecule has 2 aliphatic rings. The average Bonchev–Trinajstić information content (AvgIpc) is 3.28. The molecular weight excluding hydrogens is 335 g/mol. The van der Waals surface area contributed by atoms with E-state index in [1.54, 1.807) is 23.1 Å². The lowest BCUT2D eigenvalue weighted by Crippen LogP contribution is -2.50. The number of halogens is 2. The van der Waals surface area contributed by atoms with Gasteiger partial charge in [-0.25, -0.2) is 0 Å². The minimum atomic E-state index is -0.418. The number of rotatable bonds is 3. The van der Waals surface area contributed by atoms with E-state index in [0.29, 0.717) is 34.6 Å². The highest BCUT2D eigenvalue weighted by Crippen LogP contribution is 2.40. The number of likely N-dealkylation sites (tertiary alicyclic amines) is 1. The number of nitrogens with one attached hydrogen (secondary N) is 1. The standard InChI is InChI=1S/C17H20Cl2N2O2/c1-10-9-11(10)17(23)21-8-3-2-7-14(21)16(22)20-13-6-4-5-12(18)15(13)19/h4-6,10-11,14H,2-3,7-9H2,1H3,(H,20,22)/t10-,11-,14-/m1/s1. The minimum Gasteiger partial charge on any atom is -0.330 e. The first-order valence-corrected chi connectivity index (χ1v) is 8.80. The van der Waals surface area contributed by atoms with Gasteiger partial charge in [-0.05, 0) is 43.7 Å². The van der Waals surface area contributed by atoms with Crippen LogP contribution in [0.5, 0.6) is 0 Å². The maximum absolute atomic E-state index is 12.7. The van der Waals surface area contributed by atoms with Gasteiger partial charge in [-0.2, -0.15) is 0 Å². The van der Waals surface area contributed by atoms with Crippen LogP contribution in [0.2, 0.25) is 10.0 Å². The molecule has 1 saturated heterocycles. The first kappa shape index (κ1) is 16.6. The maximum atomic E-state index is 12.7. The summed E-state index contributed by atoms with van der Waals surface area (Å²) in [7, 11) is 0. The van der Waals surface area contributed by atoms with E-state index >= 15 is 0 Å². The zero-order chi connectivity index (χ0) is 16.6. The van der Waals surface area contributed by atoms with Gasteiger partial charge in [0.15, 0.2) is 0 Å². The highest BCUT2D eigenvalue weighted by atomic mass is 35.5. The zero-order valence-electron chi connectivity index (χ0n) is 13.0. The van der Waals surface area contributed by atoms with Gasteiger partial charge in [0, 0.05) is 12.5 Å². The van der Waals surface area contributed by atoms with Crippen molar-refractivity contribution in [3.8, 4) is 0 Å². The highest BCUT2D eigenvalue weighted by molar-refractivity contribution is 6.44. The number of nitrogens with zero attached hydrogens (tertiary/aromatic N) is 1. The lowest BCUT2D eigenvalue weighted by Gasteiger charge is -2.35. The smallest absolute Gasteiger partial charge is 0.247 e. The number of anilines is 1. The molecule has 0 aromatic heterocycles. The van der Waals surface area contributed by atoms with E-state index in [0.717, 1.165) is 19.3 Å². The number of amides is 2. The molecule has 3 atom stereocenters. The molecule has 1 aliphatic carbocycles. The third-order valence-corrected chi connectivity index (χ3v) is 5.54. The Bertz CT molecular complexity index is 635. The fourth-order valence-electron chi connectivity index (χ4n) is 3.16. The van der Waals surface area contributed by atoms with Crippen molar-refractivity contribution in [3.05, 3.63) is 28.2 Å². The molecule has 0 unspecified atom stereocenters. The summed E-state index contributed by atoms with van der Waals surface area (Å²) >= 11 is 12.1. The quantitative estimate of drug-likeness (QED) is 0.892. The van der Waals surface area contributed by atoms with Gasteiger partial charge < -0.3 is 10.2 Å². The highest BCUT2D eigenvalue weighted by Gasteiger charge is 2.44. The zero-order valence-corrected chi connectivity index (χ0v) is 14.5. The Morgan fingerprint density at radius 1 is 1.26 bits per heavy atom. The SMILES string of the molecule is C[C@@H]1C[C@H]1C(=O)N1CCCC[C@@H]1C(=O)Nc1cccc(Cl)c1Cl. The van der Waals surface area contributed by atoms with Crippen LogP contribution in [0.3, 0.4) is 0 Å². The summed E-state index contributed by atoms with van der Waals surface area (Å²) in [6.07, 6.45) is 3.53. The number of piperidine rings is 1. The third kappa shape index (κ3) is 3.48. The largest absolute Gasteiger partial charge is 0.330 e. The first-order chi connectivity index (χ1) is 11.0. The van der Waals surface area contributed by atoms with Gasteiger partial charge in [-0.1, -0.05) is 36.2 Å². The fraction of sp³-hybridized carbons (Fsp3) is 0.529. The predicted octanol–water partition coefficient (Wildman–Crippen LogP) is 3.97. The lowest BCUT2D eigenvalue weighted by molar-refractivity contribution is -0.141. The van der Waals surface area contributed by atoms with Crippen molar-refractivity contribution < 1.29 is 9.59 Å². The van der Waals surface area contributed by atoms with Gasteiger partial charge in [-0.3, -0.25) is 9.59 Å². The van der Waals surface area contributed by atoms with Crippen LogP contribution in [0.1, 0.15) is 32.6 Å². The van der Waals surface area contributed by atoms with Crippen molar-refractivity contribution in [2.24, 2.45) is 11.8 Å². The molecule has 0 spiro atoms. The second kappa shape index (κ2) is 6.70. The number of carbonyl (C=O) groups is 2. The van der Waals surface area contributed by atoms with Crippen LogP contribution in [-0.2, 0) is 9.59 Å². The molecule has 1 aromatic rings. The van der Waals surface area contributed by atoms with Crippen molar-refractivity contribution in [3.63, 3.8) is 0 Å². The topological polar surface area (TPSA) is 49.4 Å². The third-order valence-electron chi connectivity index (χ3n) is 4.72. The van der Waals surface area contributed by atoms with Crippen LogP contribution in [0, 0.1) is 11.8 Å². The normalized spacial score (nSPS) is 26.7. The van der Waals surface area contributed by atoms with Gasteiger partial charge in [0.1, 0.15) is 6.04 Å². The summed E-state index contributed by atoms with van der Waals surface area (Å²) in [6, 6.07) is 4.70. The van der Waals surface area contributed by atoms with Crippen molar-refractivity contribution >= 4 is 40.7 Å². The Kier molecular flexibility index (Phi) is 4.83. The number of hydrogen-bond acceptors (Lipinski definition) is 2. The Balaban J connectivity index is 1.73. The molecule has 1 aliphatic heterocycles. The van der Waals surface area contributed by atoms with Crippen molar-refractivity contribution in [1.29, 1.82) is 0 Å². The Morgan fingerprint density at radius 2 is 2.00 bits per heavy atom. The van der Waals surface area contributed by atoms with Gasteiger partial charge in [0.2, 0.25) is 11.8 Å². The Labute approximate surface area is 146 Å². The number of carbonyl (C=O) groups excluding carboxylic acids is 2. The molecule has 1 aromatic carbocycles. The molecular formula is C17H20Cl2N2O2. The molecule has 0 radical (unpaired) electrons. The van der Waals surface area contributed by atoms with E-state index in [-0.39, 0.29) is 17.7 Å². The second-order valence-electron chi connectivity index (χ2n) is 6.45. The number of benzene rings is 1. The summed E-state index contributed by atoms with van der Waals surface area (Å²) < 4.78 is 0. The summed E-state index contributed by atoms with van der Waals surface area (Å²) in [6.45, 7) is 2.73. The Morgan fingerprint density at radius 3 is 2.70 bits per heavy atom. The second-order valence-corrected chi connectivity index (χ2v) is 7.24. The summed E-state index contributed by atoms with van der Waals surface area (Å²) in [5.74, 6) is 0.471. The molecule has 2 fully saturated rings. The van der Waals surface area contributed by atoms with E-state index in [2.05, 4.69) is 12.2 Å². The molecule has 1 heterocycles. The molecule has 124 valence electrons. The van der Waals surface area contributed by atoms with E-state index < -0.39 is 6.04 Å². The van der Waals surface area contributed by atoms with Gasteiger partial charge in [0.05, 0.1) is 15.7 Å². The molecule has 1 N–H and O–H groups in total. The first-order valence-electron chi connectivity index (χ1n) is 8.04. The summed E-state index contributed by atoms with van der Waals surface area (Å²) in [5, 5.41) is 3.55. The van der Waals surface area contributed by atoms with Crippen LogP contribution in [0.4, 0.5) is 5.69 Å². The summed E-state index contributed by atoms with van der Waals surface area (Å²) in [5.41, 5.74) is 0.488. The van der Waals surface area contributed by atoms with Crippen LogP contribution >= 0.6 is 23.2 Å². The molecule has 2 amide bonds. The average molecular weight is 355 g/mol. The van der Waals surface area contributed by atoms with Crippen molar-refractivity contribution in [1.82, 2.24) is 4.90 Å². The minimum absolute atomic E-state index is 0.0955. The van der Waals surface area contributed by atoms with Crippen LogP contribution in [-0.4, -0.2) is 29.3 Å². The van der Waals surface area contributed by atoms with E-state index in [4.69, 9.17) is 23.2 Å². The Hall–Kier alpha value is -1.26. The van der Waals surface area contributed by atoms with Crippen LogP contribution in [0.15, 0.2) is 18.2 Å². The van der Waals surface area contributed by atoms with Crippen molar-refractivity contribution in [2.75, 3.05) is 11.9 Å². The van der Waals surface area contributed by atoms with E-state index in [1.807, 2.05) is 0 Å². The van der Waals surface area contributed by atoms with Crippen LogP contribution in [0.25, 0.3) is 0 Å². The van der Waals surface area contributed by atoms with Gasteiger partial charge in [-0.15, -0.1) is 0 Å². The molecule has 23 heavy (non-hydrogen) atoms. The molecule has 1 saturated carbocycles. The van der Waals surface area contributed by atoms with Crippen molar-refractivity contribution in [2.45, 2.75) is 38.6 Å². The van der Waals surface area contributed by atoms with E-state index in [9.17, 15) is 9.59 Å². The van der Waals surface area contributed by atoms with E-state index in [1.165, 1.54) is 0 Å². The molecule has 4 nitrogen and oxygen atoms in total. The number of hydrogen-bond donors (Lipinski definition) is 1. The summed E-state index contributed by atoms with van der Waals surface area (Å²) in [4.78, 5) is 27.0. The van der Waals surface area contributed by atoms with Gasteiger partial charge in [0.25, 0.3) is 0 Å². The van der Waals surface area contributed by atoms with Crippen LogP contribution < -0.4 is 5.32 Å². The monoisotopic (exact) mass is 354 g/mol. The maximum Gasteiger partial charge on any atom is 0.247 e. The fourth-order valence-corrected chi connectivity index (χ4v) is 3.51. The predicted molar refractivity (Wildman–Crippen MR) is 91.7 cm³/mol. The molecule has 0 bridgehead atoms. The van der Waals surface area contributed by atoms with Gasteiger partial charge >= 0.3 is 0 Å². The lowest BCUT2D eigenvalue weighted by atomic mass is 10.00.